The summed E-state index contributed by atoms with van der Waals surface area (Å²) < 4.78 is 15.4. The number of rotatable bonds is 6. The van der Waals surface area contributed by atoms with Crippen LogP contribution in [0.4, 0.5) is 4.39 Å². The lowest BCUT2D eigenvalue weighted by Gasteiger charge is -2.09. The lowest BCUT2D eigenvalue weighted by atomic mass is 10.2. The van der Waals surface area contributed by atoms with Crippen molar-refractivity contribution in [3.8, 4) is 10.6 Å². The van der Waals surface area contributed by atoms with Crippen molar-refractivity contribution in [3.05, 3.63) is 75.6 Å². The zero-order chi connectivity index (χ0) is 18.8. The normalized spacial score (nSPS) is 11.1. The van der Waals surface area contributed by atoms with Crippen LogP contribution in [0.15, 0.2) is 63.7 Å². The van der Waals surface area contributed by atoms with Crippen molar-refractivity contribution in [2.45, 2.75) is 17.5 Å². The minimum absolute atomic E-state index is 0.0392. The number of halogens is 1. The number of fused-ring (bicyclic) bond motifs is 1. The zero-order valence-electron chi connectivity index (χ0n) is 14.1. The number of allylic oxidation sites excluding steroid dienone is 1. The van der Waals surface area contributed by atoms with Crippen LogP contribution in [0.1, 0.15) is 5.69 Å². The van der Waals surface area contributed by atoms with Crippen molar-refractivity contribution >= 4 is 44.7 Å². The Labute approximate surface area is 167 Å². The second kappa shape index (κ2) is 7.75. The minimum Gasteiger partial charge on any atom is -0.282 e. The van der Waals surface area contributed by atoms with Crippen molar-refractivity contribution in [1.29, 1.82) is 0 Å². The van der Waals surface area contributed by atoms with E-state index in [4.69, 9.17) is 0 Å². The van der Waals surface area contributed by atoms with Gasteiger partial charge in [0.2, 0.25) is 0 Å². The summed E-state index contributed by atoms with van der Waals surface area (Å²) >= 11 is 4.39. The SMILES string of the molecule is C=CCn1c(SCc2csc(-c3ccc(F)cc3)n2)nc2ccsc2c1=O. The monoisotopic (exact) mass is 415 g/mol. The fourth-order valence-corrected chi connectivity index (χ4v) is 5.17. The molecule has 0 saturated carbocycles. The Kier molecular flexibility index (Phi) is 5.20. The number of thiazole rings is 1. The van der Waals surface area contributed by atoms with Crippen LogP contribution in [0.2, 0.25) is 0 Å². The largest absolute Gasteiger partial charge is 0.282 e. The van der Waals surface area contributed by atoms with Gasteiger partial charge in [-0.05, 0) is 35.7 Å². The highest BCUT2D eigenvalue weighted by molar-refractivity contribution is 7.98. The van der Waals surface area contributed by atoms with Gasteiger partial charge in [-0.25, -0.2) is 14.4 Å². The molecule has 0 bridgehead atoms. The van der Waals surface area contributed by atoms with Crippen LogP contribution >= 0.6 is 34.4 Å². The molecule has 1 aromatic carbocycles. The molecule has 0 aliphatic heterocycles. The predicted molar refractivity (Wildman–Crippen MR) is 111 cm³/mol. The third-order valence-electron chi connectivity index (χ3n) is 3.83. The molecule has 0 aliphatic carbocycles. The summed E-state index contributed by atoms with van der Waals surface area (Å²) in [5.41, 5.74) is 2.47. The van der Waals surface area contributed by atoms with Gasteiger partial charge in [0.25, 0.3) is 5.56 Å². The first-order valence-corrected chi connectivity index (χ1v) is 10.8. The second-order valence-electron chi connectivity index (χ2n) is 5.67. The van der Waals surface area contributed by atoms with E-state index >= 15 is 0 Å². The molecule has 0 spiro atoms. The topological polar surface area (TPSA) is 47.8 Å². The summed E-state index contributed by atoms with van der Waals surface area (Å²) in [5, 5.41) is 5.35. The second-order valence-corrected chi connectivity index (χ2v) is 8.39. The number of hydrogen-bond acceptors (Lipinski definition) is 6. The molecular weight excluding hydrogens is 401 g/mol. The quantitative estimate of drug-likeness (QED) is 0.247. The molecular formula is C19H14FN3OS3. The van der Waals surface area contributed by atoms with Crippen LogP contribution in [0.3, 0.4) is 0 Å². The van der Waals surface area contributed by atoms with Gasteiger partial charge in [-0.3, -0.25) is 9.36 Å². The molecule has 0 radical (unpaired) electrons. The Morgan fingerprint density at radius 2 is 2.00 bits per heavy atom. The van der Waals surface area contributed by atoms with Gasteiger partial charge in [0.05, 0.1) is 11.2 Å². The molecule has 8 heteroatoms. The number of benzene rings is 1. The van der Waals surface area contributed by atoms with E-state index in [0.717, 1.165) is 21.8 Å². The van der Waals surface area contributed by atoms with Crippen LogP contribution in [0.25, 0.3) is 20.8 Å². The Hall–Kier alpha value is -2.29. The van der Waals surface area contributed by atoms with Gasteiger partial charge in [0, 0.05) is 23.2 Å². The van der Waals surface area contributed by atoms with Crippen LogP contribution in [0, 0.1) is 5.82 Å². The zero-order valence-corrected chi connectivity index (χ0v) is 16.5. The highest BCUT2D eigenvalue weighted by Crippen LogP contribution is 2.28. The Morgan fingerprint density at radius 1 is 1.19 bits per heavy atom. The molecule has 4 nitrogen and oxygen atoms in total. The number of hydrogen-bond donors (Lipinski definition) is 0. The number of thiophene rings is 1. The molecule has 3 heterocycles. The molecule has 0 amide bonds. The molecule has 0 aliphatic rings. The molecule has 0 fully saturated rings. The Bertz CT molecular complexity index is 1160. The average molecular weight is 416 g/mol. The minimum atomic E-state index is -0.263. The van der Waals surface area contributed by atoms with Gasteiger partial charge >= 0.3 is 0 Å². The standard InChI is InChI=1S/C19H14FN3OS3/c1-2-8-23-18(24)16-15(7-9-25-16)22-19(23)27-11-14-10-26-17(21-14)12-3-5-13(20)6-4-12/h2-7,9-10H,1,8,11H2. The molecule has 3 aromatic heterocycles. The van der Waals surface area contributed by atoms with Crippen LogP contribution < -0.4 is 5.56 Å². The number of nitrogens with zero attached hydrogens (tertiary/aromatic N) is 3. The van der Waals surface area contributed by atoms with E-state index < -0.39 is 0 Å². The average Bonchev–Trinajstić information content (AvgIpc) is 3.33. The first kappa shape index (κ1) is 18.1. The first-order chi connectivity index (χ1) is 13.2. The number of thioether (sulfide) groups is 1. The van der Waals surface area contributed by atoms with Gasteiger partial charge in [-0.2, -0.15) is 0 Å². The van der Waals surface area contributed by atoms with Crippen molar-refractivity contribution in [2.24, 2.45) is 0 Å². The highest BCUT2D eigenvalue weighted by atomic mass is 32.2. The maximum atomic E-state index is 13.1. The fourth-order valence-electron chi connectivity index (χ4n) is 2.56. The van der Waals surface area contributed by atoms with Crippen LogP contribution in [-0.2, 0) is 12.3 Å². The summed E-state index contributed by atoms with van der Waals surface area (Å²) in [4.78, 5) is 21.9. The third-order valence-corrected chi connectivity index (χ3v) is 6.68. The van der Waals surface area contributed by atoms with E-state index in [1.54, 1.807) is 22.8 Å². The molecule has 4 aromatic rings. The lowest BCUT2D eigenvalue weighted by molar-refractivity contribution is 0.628. The smallest absolute Gasteiger partial charge is 0.272 e. The van der Waals surface area contributed by atoms with Gasteiger partial charge in [0.15, 0.2) is 5.16 Å². The summed E-state index contributed by atoms with van der Waals surface area (Å²) in [6.07, 6.45) is 1.70. The molecule has 136 valence electrons. The van der Waals surface area contributed by atoms with E-state index in [-0.39, 0.29) is 11.4 Å². The van der Waals surface area contributed by atoms with Crippen molar-refractivity contribution in [3.63, 3.8) is 0 Å². The van der Waals surface area contributed by atoms with Gasteiger partial charge < -0.3 is 0 Å². The Balaban J connectivity index is 1.58. The van der Waals surface area contributed by atoms with Crippen molar-refractivity contribution in [2.75, 3.05) is 0 Å². The van der Waals surface area contributed by atoms with E-state index in [9.17, 15) is 9.18 Å². The lowest BCUT2D eigenvalue weighted by Crippen LogP contribution is -2.21. The molecule has 0 saturated heterocycles. The van der Waals surface area contributed by atoms with Crippen molar-refractivity contribution in [1.82, 2.24) is 14.5 Å². The van der Waals surface area contributed by atoms with Gasteiger partial charge in [-0.1, -0.05) is 17.8 Å². The van der Waals surface area contributed by atoms with E-state index in [1.807, 2.05) is 16.8 Å². The summed E-state index contributed by atoms with van der Waals surface area (Å²) in [7, 11) is 0. The molecule has 0 atom stereocenters. The van der Waals surface area contributed by atoms with E-state index in [0.29, 0.717) is 22.2 Å². The maximum Gasteiger partial charge on any atom is 0.272 e. The third kappa shape index (κ3) is 3.73. The van der Waals surface area contributed by atoms with E-state index in [1.165, 1.54) is 46.6 Å². The molecule has 4 rings (SSSR count). The van der Waals surface area contributed by atoms with E-state index in [2.05, 4.69) is 16.5 Å². The predicted octanol–water partition coefficient (Wildman–Crippen LogP) is 5.20. The fraction of sp³-hybridized carbons (Fsp3) is 0.105. The van der Waals surface area contributed by atoms with Crippen LogP contribution in [-0.4, -0.2) is 14.5 Å². The molecule has 0 N–H and O–H groups in total. The van der Waals surface area contributed by atoms with Gasteiger partial charge in [-0.15, -0.1) is 29.3 Å². The maximum absolute atomic E-state index is 13.1. The summed E-state index contributed by atoms with van der Waals surface area (Å²) in [5.74, 6) is 0.331. The Morgan fingerprint density at radius 3 is 2.78 bits per heavy atom. The number of aromatic nitrogens is 3. The van der Waals surface area contributed by atoms with Crippen LogP contribution in [0.5, 0.6) is 0 Å². The van der Waals surface area contributed by atoms with Gasteiger partial charge in [0.1, 0.15) is 15.5 Å². The first-order valence-electron chi connectivity index (χ1n) is 8.08. The van der Waals surface area contributed by atoms with Crippen molar-refractivity contribution < 1.29 is 4.39 Å². The highest BCUT2D eigenvalue weighted by Gasteiger charge is 2.13. The summed E-state index contributed by atoms with van der Waals surface area (Å²) in [6, 6.07) is 8.16. The summed E-state index contributed by atoms with van der Waals surface area (Å²) in [6.45, 7) is 4.15. The molecule has 0 unspecified atom stereocenters. The molecule has 27 heavy (non-hydrogen) atoms.